The van der Waals surface area contributed by atoms with E-state index in [9.17, 15) is 14.0 Å². The molecule has 5 rings (SSSR count). The van der Waals surface area contributed by atoms with E-state index in [1.165, 1.54) is 16.5 Å². The smallest absolute Gasteiger partial charge is 0.328 e. The summed E-state index contributed by atoms with van der Waals surface area (Å²) in [6, 6.07) is 13.7. The number of nitrogens with one attached hydrogen (secondary N) is 1. The molecule has 2 aromatic rings. The quantitative estimate of drug-likeness (QED) is 0.800. The molecular weight excluding hydrogens is 409 g/mol. The highest BCUT2D eigenvalue weighted by Crippen LogP contribution is 2.35. The molecule has 0 spiro atoms. The molecule has 3 saturated heterocycles. The fourth-order valence-electron chi connectivity index (χ4n) is 5.10. The average Bonchev–Trinajstić information content (AvgIpc) is 3.16. The van der Waals surface area contributed by atoms with E-state index in [1.807, 2.05) is 0 Å². The molecule has 0 aliphatic carbocycles. The Morgan fingerprint density at radius 3 is 2.50 bits per heavy atom. The van der Waals surface area contributed by atoms with Gasteiger partial charge in [-0.1, -0.05) is 42.8 Å². The van der Waals surface area contributed by atoms with Crippen LogP contribution in [0.25, 0.3) is 0 Å². The first-order valence-electron chi connectivity index (χ1n) is 11.0. The van der Waals surface area contributed by atoms with Crippen LogP contribution < -0.4 is 10.2 Å². The van der Waals surface area contributed by atoms with Gasteiger partial charge in [-0.3, -0.25) is 19.9 Å². The van der Waals surface area contributed by atoms with E-state index in [1.54, 1.807) is 30.1 Å². The molecule has 2 aromatic carbocycles. The molecular formula is C24H28FN5O2. The number of imide groups is 1. The molecule has 3 aliphatic rings. The third-order valence-corrected chi connectivity index (χ3v) is 6.74. The van der Waals surface area contributed by atoms with Crippen LogP contribution in [0.1, 0.15) is 18.1 Å². The maximum Gasteiger partial charge on any atom is 0.328 e. The predicted octanol–water partition coefficient (Wildman–Crippen LogP) is 2.57. The summed E-state index contributed by atoms with van der Waals surface area (Å²) in [7, 11) is 1.70. The average molecular weight is 438 g/mol. The first-order chi connectivity index (χ1) is 15.3. The van der Waals surface area contributed by atoms with Crippen LogP contribution in [0.2, 0.25) is 0 Å². The van der Waals surface area contributed by atoms with E-state index in [0.29, 0.717) is 11.5 Å². The maximum atomic E-state index is 14.3. The number of rotatable bonds is 3. The van der Waals surface area contributed by atoms with E-state index in [2.05, 4.69) is 53.2 Å². The molecule has 3 fully saturated rings. The van der Waals surface area contributed by atoms with Crippen molar-refractivity contribution in [2.75, 3.05) is 25.0 Å². The lowest BCUT2D eigenvalue weighted by Crippen LogP contribution is -2.66. The molecule has 4 atom stereocenters. The van der Waals surface area contributed by atoms with E-state index in [0.717, 1.165) is 18.8 Å². The van der Waals surface area contributed by atoms with E-state index in [-0.39, 0.29) is 18.7 Å². The van der Waals surface area contributed by atoms with Crippen LogP contribution in [-0.4, -0.2) is 65.3 Å². The van der Waals surface area contributed by atoms with Crippen LogP contribution in [0.15, 0.2) is 48.5 Å². The lowest BCUT2D eigenvalue weighted by atomic mass is 10.0. The number of likely N-dealkylation sites (N-methyl/N-ethyl adjacent to an activating group) is 1. The minimum absolute atomic E-state index is 0.0758. The second-order valence-corrected chi connectivity index (χ2v) is 9.13. The number of anilines is 1. The van der Waals surface area contributed by atoms with Crippen LogP contribution in [0.4, 0.5) is 14.9 Å². The summed E-state index contributed by atoms with van der Waals surface area (Å²) >= 11 is 0. The molecule has 7 nitrogen and oxygen atoms in total. The molecule has 3 heterocycles. The zero-order valence-electron chi connectivity index (χ0n) is 18.5. The van der Waals surface area contributed by atoms with Gasteiger partial charge in [0.05, 0.1) is 6.54 Å². The van der Waals surface area contributed by atoms with E-state index in [4.69, 9.17) is 0 Å². The molecule has 0 radical (unpaired) electrons. The topological polar surface area (TPSA) is 59.1 Å². The van der Waals surface area contributed by atoms with Gasteiger partial charge in [-0.25, -0.2) is 9.18 Å². The molecule has 8 heteroatoms. The summed E-state index contributed by atoms with van der Waals surface area (Å²) in [4.78, 5) is 33.8. The van der Waals surface area contributed by atoms with Crippen molar-refractivity contribution in [3.05, 3.63) is 65.5 Å². The molecule has 3 amide bonds. The SMILES string of the molecule is Cc1ccc(N2CC(C)CN3C4C(=O)N(Cc5ccccc5F)C(=O)N(C)C4NC23)cc1. The highest BCUT2D eigenvalue weighted by atomic mass is 19.1. The number of hydrogen-bond donors (Lipinski definition) is 1. The number of aryl methyl sites for hydroxylation is 1. The fourth-order valence-corrected chi connectivity index (χ4v) is 5.10. The third kappa shape index (κ3) is 3.34. The summed E-state index contributed by atoms with van der Waals surface area (Å²) in [6.45, 7) is 5.74. The number of amides is 3. The highest BCUT2D eigenvalue weighted by Gasteiger charge is 2.56. The van der Waals surface area contributed by atoms with Gasteiger partial charge in [-0.2, -0.15) is 0 Å². The van der Waals surface area contributed by atoms with Crippen molar-refractivity contribution in [1.29, 1.82) is 0 Å². The Kier molecular flexibility index (Phi) is 5.14. The largest absolute Gasteiger partial charge is 0.343 e. The Bertz CT molecular complexity index is 1040. The Morgan fingerprint density at radius 2 is 1.78 bits per heavy atom. The van der Waals surface area contributed by atoms with Gasteiger partial charge in [0, 0.05) is 31.4 Å². The van der Waals surface area contributed by atoms with Gasteiger partial charge in [0.2, 0.25) is 0 Å². The van der Waals surface area contributed by atoms with Gasteiger partial charge in [-0.05, 0) is 31.0 Å². The summed E-state index contributed by atoms with van der Waals surface area (Å²) < 4.78 is 14.3. The molecule has 168 valence electrons. The van der Waals surface area contributed by atoms with Crippen molar-refractivity contribution in [1.82, 2.24) is 20.0 Å². The number of hydrogen-bond acceptors (Lipinski definition) is 5. The van der Waals surface area contributed by atoms with Crippen LogP contribution in [0.5, 0.6) is 0 Å². The number of carbonyl (C=O) groups excluding carboxylic acids is 2. The summed E-state index contributed by atoms with van der Waals surface area (Å²) in [5.41, 5.74) is 2.60. The number of nitrogens with zero attached hydrogens (tertiary/aromatic N) is 4. The van der Waals surface area contributed by atoms with Gasteiger partial charge in [0.15, 0.2) is 0 Å². The molecule has 0 bridgehead atoms. The van der Waals surface area contributed by atoms with Crippen LogP contribution in [0, 0.1) is 18.7 Å². The van der Waals surface area contributed by atoms with Crippen molar-refractivity contribution in [2.24, 2.45) is 5.92 Å². The fraction of sp³-hybridized carbons (Fsp3) is 0.417. The predicted molar refractivity (Wildman–Crippen MR) is 119 cm³/mol. The van der Waals surface area contributed by atoms with Gasteiger partial charge < -0.3 is 9.80 Å². The highest BCUT2D eigenvalue weighted by molar-refractivity contribution is 6.00. The minimum Gasteiger partial charge on any atom is -0.343 e. The zero-order valence-corrected chi connectivity index (χ0v) is 18.5. The molecule has 32 heavy (non-hydrogen) atoms. The minimum atomic E-state index is -0.523. The van der Waals surface area contributed by atoms with Crippen LogP contribution >= 0.6 is 0 Å². The Balaban J connectivity index is 1.46. The molecule has 4 unspecified atom stereocenters. The van der Waals surface area contributed by atoms with Gasteiger partial charge in [0.1, 0.15) is 24.3 Å². The standard InChI is InChI=1S/C24H28FN5O2/c1-15-8-10-18(11-9-15)28-12-16(2)13-29-20-21(26-23(28)29)27(3)24(32)30(22(20)31)14-17-6-4-5-7-19(17)25/h4-11,16,20-21,23,26H,12-14H2,1-3H3. The second kappa shape index (κ2) is 7.86. The van der Waals surface area contributed by atoms with Gasteiger partial charge in [-0.15, -0.1) is 0 Å². The Hall–Kier alpha value is -2.97. The number of carbonyl (C=O) groups is 2. The first kappa shape index (κ1) is 20.9. The van der Waals surface area contributed by atoms with E-state index < -0.39 is 24.1 Å². The normalized spacial score (nSPS) is 28.2. The lowest BCUT2D eigenvalue weighted by Gasteiger charge is -2.46. The Labute approximate surface area is 187 Å². The maximum absolute atomic E-state index is 14.3. The number of halogens is 1. The molecule has 3 aliphatic heterocycles. The number of urea groups is 1. The van der Waals surface area contributed by atoms with E-state index >= 15 is 0 Å². The summed E-state index contributed by atoms with van der Waals surface area (Å²) in [5, 5.41) is 3.52. The molecule has 0 aromatic heterocycles. The number of benzene rings is 2. The lowest BCUT2D eigenvalue weighted by molar-refractivity contribution is -0.139. The van der Waals surface area contributed by atoms with Crippen LogP contribution in [0.3, 0.4) is 0 Å². The first-order valence-corrected chi connectivity index (χ1v) is 11.0. The summed E-state index contributed by atoms with van der Waals surface area (Å²) in [6.07, 6.45) is -0.633. The second-order valence-electron chi connectivity index (χ2n) is 9.13. The van der Waals surface area contributed by atoms with Crippen LogP contribution in [-0.2, 0) is 11.3 Å². The van der Waals surface area contributed by atoms with Crippen molar-refractivity contribution in [2.45, 2.75) is 38.9 Å². The zero-order chi connectivity index (χ0) is 22.6. The van der Waals surface area contributed by atoms with Crippen molar-refractivity contribution in [3.63, 3.8) is 0 Å². The third-order valence-electron chi connectivity index (χ3n) is 6.74. The number of fused-ring (bicyclic) bond motifs is 3. The van der Waals surface area contributed by atoms with Crippen molar-refractivity contribution in [3.8, 4) is 0 Å². The summed E-state index contributed by atoms with van der Waals surface area (Å²) in [5.74, 6) is -0.365. The van der Waals surface area contributed by atoms with Gasteiger partial charge in [0.25, 0.3) is 5.91 Å². The molecule has 0 saturated carbocycles. The Morgan fingerprint density at radius 1 is 1.06 bits per heavy atom. The molecule has 1 N–H and O–H groups in total. The van der Waals surface area contributed by atoms with Gasteiger partial charge >= 0.3 is 6.03 Å². The van der Waals surface area contributed by atoms with Crippen molar-refractivity contribution >= 4 is 17.6 Å². The monoisotopic (exact) mass is 437 g/mol. The van der Waals surface area contributed by atoms with Crippen molar-refractivity contribution < 1.29 is 14.0 Å².